The molecule has 0 saturated carbocycles. The maximum atomic E-state index is 13.2. The lowest BCUT2D eigenvalue weighted by molar-refractivity contribution is -0.0733. The van der Waals surface area contributed by atoms with E-state index in [1.807, 2.05) is 0 Å². The maximum absolute atomic E-state index is 13.2. The molecule has 1 aromatic rings. The van der Waals surface area contributed by atoms with E-state index in [2.05, 4.69) is 0 Å². The van der Waals surface area contributed by atoms with Crippen LogP contribution in [0.5, 0.6) is 5.75 Å². The van der Waals surface area contributed by atoms with Crippen LogP contribution in [0, 0.1) is 19.7 Å². The Hall–Kier alpha value is -1.13. The topological polar surface area (TPSA) is 43.7 Å². The minimum atomic E-state index is -0.591. The number of rotatable bonds is 2. The first-order chi connectivity index (χ1) is 6.43. The van der Waals surface area contributed by atoms with Crippen LogP contribution in [0.25, 0.3) is 0 Å². The van der Waals surface area contributed by atoms with Crippen LogP contribution in [0.4, 0.5) is 4.39 Å². The first kappa shape index (κ1) is 10.9. The fourth-order valence-electron chi connectivity index (χ4n) is 1.35. The van der Waals surface area contributed by atoms with Gasteiger partial charge in [-0.1, -0.05) is 6.07 Å². The summed E-state index contributed by atoms with van der Waals surface area (Å²) in [5, 5.41) is 19.4. The van der Waals surface area contributed by atoms with E-state index in [-0.39, 0.29) is 12.3 Å². The number of nitrogens with zero attached hydrogens (tertiary/aromatic N) is 1. The lowest BCUT2D eigenvalue weighted by Gasteiger charge is -2.13. The van der Waals surface area contributed by atoms with Gasteiger partial charge in [0.25, 0.3) is 0 Å². The third-order valence-electron chi connectivity index (χ3n) is 2.18. The van der Waals surface area contributed by atoms with Gasteiger partial charge < -0.3 is 10.3 Å². The molecule has 14 heavy (non-hydrogen) atoms. The average Bonchev–Trinajstić information content (AvgIpc) is 2.10. The van der Waals surface area contributed by atoms with E-state index >= 15 is 0 Å². The summed E-state index contributed by atoms with van der Waals surface area (Å²) in [4.78, 5) is 0. The lowest BCUT2D eigenvalue weighted by atomic mass is 10.0. The van der Waals surface area contributed by atoms with Crippen LogP contribution in [-0.2, 0) is 6.54 Å². The summed E-state index contributed by atoms with van der Waals surface area (Å²) in [7, 11) is 1.50. The molecule has 0 atom stereocenters. The quantitative estimate of drug-likeness (QED) is 0.716. The predicted molar refractivity (Wildman–Crippen MR) is 50.8 cm³/mol. The van der Waals surface area contributed by atoms with Crippen molar-refractivity contribution in [1.29, 1.82) is 0 Å². The summed E-state index contributed by atoms with van der Waals surface area (Å²) < 4.78 is 13.2. The second-order valence-corrected chi connectivity index (χ2v) is 3.46. The van der Waals surface area contributed by atoms with Crippen LogP contribution in [0.2, 0.25) is 0 Å². The first-order valence-electron chi connectivity index (χ1n) is 4.31. The van der Waals surface area contributed by atoms with Crippen molar-refractivity contribution in [3.63, 3.8) is 0 Å². The molecule has 0 aliphatic rings. The molecular formula is C10H14FNO2. The second-order valence-electron chi connectivity index (χ2n) is 3.46. The van der Waals surface area contributed by atoms with Gasteiger partial charge in [0.05, 0.1) is 0 Å². The van der Waals surface area contributed by atoms with Crippen molar-refractivity contribution in [2.24, 2.45) is 0 Å². The largest absolute Gasteiger partial charge is 0.505 e. The molecule has 78 valence electrons. The van der Waals surface area contributed by atoms with Crippen LogP contribution in [0.1, 0.15) is 16.7 Å². The van der Waals surface area contributed by atoms with Crippen molar-refractivity contribution in [2.75, 3.05) is 7.05 Å². The second kappa shape index (κ2) is 3.94. The molecule has 0 aliphatic heterocycles. The molecule has 0 saturated heterocycles. The average molecular weight is 199 g/mol. The zero-order valence-corrected chi connectivity index (χ0v) is 8.50. The van der Waals surface area contributed by atoms with E-state index < -0.39 is 5.82 Å². The highest BCUT2D eigenvalue weighted by Gasteiger charge is 2.12. The van der Waals surface area contributed by atoms with Gasteiger partial charge in [0.15, 0.2) is 11.6 Å². The molecule has 1 rings (SSSR count). The molecule has 0 aromatic heterocycles. The Morgan fingerprint density at radius 1 is 1.43 bits per heavy atom. The monoisotopic (exact) mass is 199 g/mol. The fourth-order valence-corrected chi connectivity index (χ4v) is 1.35. The minimum absolute atomic E-state index is 0.264. The van der Waals surface area contributed by atoms with Crippen LogP contribution in [0.15, 0.2) is 6.07 Å². The van der Waals surface area contributed by atoms with Gasteiger partial charge in [-0.3, -0.25) is 0 Å². The third-order valence-corrected chi connectivity index (χ3v) is 2.18. The molecule has 1 aromatic carbocycles. The van der Waals surface area contributed by atoms with Gasteiger partial charge >= 0.3 is 0 Å². The van der Waals surface area contributed by atoms with Crippen molar-refractivity contribution in [2.45, 2.75) is 20.4 Å². The standard InChI is InChI=1S/C10H14FNO2/c1-6-4-8(5-12(3)14)7(2)10(13)9(6)11/h4,13-14H,5H2,1-3H3. The van der Waals surface area contributed by atoms with Gasteiger partial charge in [-0.05, 0) is 30.5 Å². The highest BCUT2D eigenvalue weighted by Crippen LogP contribution is 2.27. The summed E-state index contributed by atoms with van der Waals surface area (Å²) in [6, 6.07) is 1.62. The summed E-state index contributed by atoms with van der Waals surface area (Å²) >= 11 is 0. The third kappa shape index (κ3) is 2.02. The molecule has 4 heteroatoms. The molecule has 0 aliphatic carbocycles. The van der Waals surface area contributed by atoms with E-state index in [1.165, 1.54) is 7.05 Å². The molecular weight excluding hydrogens is 185 g/mol. The summed E-state index contributed by atoms with van der Waals surface area (Å²) in [5.41, 5.74) is 1.56. The van der Waals surface area contributed by atoms with Crippen molar-refractivity contribution < 1.29 is 14.7 Å². The van der Waals surface area contributed by atoms with E-state index in [4.69, 9.17) is 5.21 Å². The smallest absolute Gasteiger partial charge is 0.167 e. The number of hydrogen-bond donors (Lipinski definition) is 2. The van der Waals surface area contributed by atoms with Gasteiger partial charge in [-0.25, -0.2) is 4.39 Å². The summed E-state index contributed by atoms with van der Waals surface area (Å²) in [5.74, 6) is -0.923. The highest BCUT2D eigenvalue weighted by molar-refractivity contribution is 5.43. The molecule has 0 spiro atoms. The van der Waals surface area contributed by atoms with Crippen molar-refractivity contribution in [3.8, 4) is 5.75 Å². The molecule has 0 unspecified atom stereocenters. The van der Waals surface area contributed by atoms with Crippen LogP contribution in [0.3, 0.4) is 0 Å². The van der Waals surface area contributed by atoms with E-state index in [0.29, 0.717) is 16.7 Å². The fraction of sp³-hybridized carbons (Fsp3) is 0.400. The van der Waals surface area contributed by atoms with Crippen LogP contribution < -0.4 is 0 Å². The zero-order chi connectivity index (χ0) is 10.9. The highest BCUT2D eigenvalue weighted by atomic mass is 19.1. The first-order valence-corrected chi connectivity index (χ1v) is 4.31. The van der Waals surface area contributed by atoms with Crippen molar-refractivity contribution in [3.05, 3.63) is 28.6 Å². The Kier molecular flexibility index (Phi) is 3.08. The van der Waals surface area contributed by atoms with Gasteiger partial charge in [-0.2, -0.15) is 5.06 Å². The zero-order valence-electron chi connectivity index (χ0n) is 8.50. The van der Waals surface area contributed by atoms with E-state index in [0.717, 1.165) is 5.06 Å². The van der Waals surface area contributed by atoms with Gasteiger partial charge in [0.2, 0.25) is 0 Å². The Morgan fingerprint density at radius 3 is 2.50 bits per heavy atom. The SMILES string of the molecule is Cc1cc(CN(C)O)c(C)c(O)c1F. The van der Waals surface area contributed by atoms with E-state index in [1.54, 1.807) is 19.9 Å². The molecule has 0 radical (unpaired) electrons. The van der Waals surface area contributed by atoms with Crippen molar-refractivity contribution >= 4 is 0 Å². The number of phenolic OH excluding ortho intramolecular Hbond substituents is 1. The van der Waals surface area contributed by atoms with Gasteiger partial charge in [-0.15, -0.1) is 0 Å². The maximum Gasteiger partial charge on any atom is 0.167 e. The van der Waals surface area contributed by atoms with Crippen molar-refractivity contribution in [1.82, 2.24) is 5.06 Å². The van der Waals surface area contributed by atoms with Crippen LogP contribution >= 0.6 is 0 Å². The molecule has 3 nitrogen and oxygen atoms in total. The number of phenols is 1. The Bertz CT molecular complexity index is 350. The Balaban J connectivity index is 3.19. The Labute approximate surface area is 82.4 Å². The number of hydrogen-bond acceptors (Lipinski definition) is 3. The summed E-state index contributed by atoms with van der Waals surface area (Å²) in [6.45, 7) is 3.46. The Morgan fingerprint density at radius 2 is 2.00 bits per heavy atom. The number of aromatic hydroxyl groups is 1. The lowest BCUT2D eigenvalue weighted by Crippen LogP contribution is -2.13. The number of benzene rings is 1. The minimum Gasteiger partial charge on any atom is -0.505 e. The van der Waals surface area contributed by atoms with Crippen LogP contribution in [-0.4, -0.2) is 22.4 Å². The molecule has 2 N–H and O–H groups in total. The summed E-state index contributed by atoms with van der Waals surface area (Å²) in [6.07, 6.45) is 0. The molecule has 0 fully saturated rings. The predicted octanol–water partition coefficient (Wildman–Crippen LogP) is 1.97. The molecule has 0 amide bonds. The van der Waals surface area contributed by atoms with E-state index in [9.17, 15) is 9.50 Å². The normalized spacial score (nSPS) is 11.0. The van der Waals surface area contributed by atoms with Gasteiger partial charge in [0, 0.05) is 13.6 Å². The molecule has 0 bridgehead atoms. The number of hydroxylamine groups is 2. The number of aryl methyl sites for hydroxylation is 1. The molecule has 0 heterocycles. The van der Waals surface area contributed by atoms with Gasteiger partial charge in [0.1, 0.15) is 0 Å². The number of halogens is 1.